The van der Waals surface area contributed by atoms with E-state index in [4.69, 9.17) is 21.6 Å². The first-order valence-corrected chi connectivity index (χ1v) is 6.11. The molecule has 0 radical (unpaired) electrons. The van der Waals surface area contributed by atoms with E-state index < -0.39 is 6.10 Å². The second-order valence-electron chi connectivity index (χ2n) is 3.78. The van der Waals surface area contributed by atoms with Crippen LogP contribution in [-0.2, 0) is 6.54 Å². The summed E-state index contributed by atoms with van der Waals surface area (Å²) in [5, 5.41) is 12.7. The average Bonchev–Trinajstić information content (AvgIpc) is 2.32. The van der Waals surface area contributed by atoms with Crippen LogP contribution in [0.25, 0.3) is 0 Å². The van der Waals surface area contributed by atoms with Crippen molar-refractivity contribution in [2.45, 2.75) is 32.9 Å². The van der Waals surface area contributed by atoms with Crippen LogP contribution in [0, 0.1) is 11.3 Å². The Bertz CT molecular complexity index is 401. The van der Waals surface area contributed by atoms with Gasteiger partial charge in [-0.15, -0.1) is 0 Å². The minimum absolute atomic E-state index is 0.474. The molecule has 0 aliphatic heterocycles. The SMILES string of the molecule is CCCNCc1c(Cl)cccc1OC(C)C#N. The molecule has 0 aromatic heterocycles. The standard InChI is InChI=1S/C13H17ClN2O/c1-3-7-16-9-11-12(14)5-4-6-13(11)17-10(2)8-15/h4-6,10,16H,3,7,9H2,1-2H3. The number of benzene rings is 1. The third-order valence-electron chi connectivity index (χ3n) is 2.29. The third kappa shape index (κ3) is 4.26. The monoisotopic (exact) mass is 252 g/mol. The Balaban J connectivity index is 2.81. The van der Waals surface area contributed by atoms with Crippen LogP contribution in [0.5, 0.6) is 5.75 Å². The van der Waals surface area contributed by atoms with E-state index >= 15 is 0 Å². The molecule has 1 atom stereocenters. The number of halogens is 1. The van der Waals surface area contributed by atoms with E-state index in [9.17, 15) is 0 Å². The van der Waals surface area contributed by atoms with Gasteiger partial charge in [-0.25, -0.2) is 0 Å². The predicted octanol–water partition coefficient (Wildman–Crippen LogP) is 3.13. The number of hydrogen-bond donors (Lipinski definition) is 1. The van der Waals surface area contributed by atoms with Crippen molar-refractivity contribution in [3.05, 3.63) is 28.8 Å². The minimum atomic E-state index is -0.474. The quantitative estimate of drug-likeness (QED) is 0.791. The molecule has 1 rings (SSSR count). The summed E-state index contributed by atoms with van der Waals surface area (Å²) in [7, 11) is 0. The molecule has 1 aromatic carbocycles. The third-order valence-corrected chi connectivity index (χ3v) is 2.64. The number of ether oxygens (including phenoxy) is 1. The van der Waals surface area contributed by atoms with Crippen molar-refractivity contribution >= 4 is 11.6 Å². The fraction of sp³-hybridized carbons (Fsp3) is 0.462. The fourth-order valence-corrected chi connectivity index (χ4v) is 1.66. The Labute approximate surface area is 107 Å². The molecule has 1 unspecified atom stereocenters. The smallest absolute Gasteiger partial charge is 0.181 e. The Morgan fingerprint density at radius 2 is 2.29 bits per heavy atom. The molecule has 0 saturated carbocycles. The van der Waals surface area contributed by atoms with E-state index in [1.54, 1.807) is 6.92 Å². The first-order chi connectivity index (χ1) is 8.19. The zero-order valence-electron chi connectivity index (χ0n) is 10.2. The molecule has 4 heteroatoms. The lowest BCUT2D eigenvalue weighted by molar-refractivity contribution is 0.273. The van der Waals surface area contributed by atoms with E-state index in [1.807, 2.05) is 24.3 Å². The summed E-state index contributed by atoms with van der Waals surface area (Å²) in [6.07, 6.45) is 0.591. The molecule has 1 N–H and O–H groups in total. The van der Waals surface area contributed by atoms with E-state index in [2.05, 4.69) is 12.2 Å². The summed E-state index contributed by atoms with van der Waals surface area (Å²) < 4.78 is 5.52. The maximum Gasteiger partial charge on any atom is 0.181 e. The average molecular weight is 253 g/mol. The summed E-state index contributed by atoms with van der Waals surface area (Å²) in [5.74, 6) is 0.676. The molecule has 3 nitrogen and oxygen atoms in total. The molecule has 1 aromatic rings. The lowest BCUT2D eigenvalue weighted by Gasteiger charge is -2.14. The van der Waals surface area contributed by atoms with Crippen LogP contribution in [0.15, 0.2) is 18.2 Å². The maximum absolute atomic E-state index is 8.75. The van der Waals surface area contributed by atoms with Crippen molar-refractivity contribution in [2.24, 2.45) is 0 Å². The van der Waals surface area contributed by atoms with Gasteiger partial charge < -0.3 is 10.1 Å². The van der Waals surface area contributed by atoms with Crippen molar-refractivity contribution in [1.29, 1.82) is 5.26 Å². The molecule has 0 bridgehead atoms. The van der Waals surface area contributed by atoms with E-state index in [0.717, 1.165) is 18.5 Å². The van der Waals surface area contributed by atoms with E-state index in [-0.39, 0.29) is 0 Å². The molecule has 0 aliphatic rings. The molecule has 17 heavy (non-hydrogen) atoms. The molecular formula is C13H17ClN2O. The zero-order valence-corrected chi connectivity index (χ0v) is 10.9. The lowest BCUT2D eigenvalue weighted by atomic mass is 10.2. The molecule has 92 valence electrons. The van der Waals surface area contributed by atoms with Gasteiger partial charge in [-0.05, 0) is 32.0 Å². The predicted molar refractivity (Wildman–Crippen MR) is 69.2 cm³/mol. The zero-order chi connectivity index (χ0) is 12.7. The number of nitrogens with one attached hydrogen (secondary N) is 1. The van der Waals surface area contributed by atoms with Gasteiger partial charge in [0.2, 0.25) is 0 Å². The van der Waals surface area contributed by atoms with Crippen molar-refractivity contribution in [3.8, 4) is 11.8 Å². The summed E-state index contributed by atoms with van der Waals surface area (Å²) in [4.78, 5) is 0. The first-order valence-electron chi connectivity index (χ1n) is 5.73. The molecule has 0 fully saturated rings. The number of nitriles is 1. The summed E-state index contributed by atoms with van der Waals surface area (Å²) >= 11 is 6.13. The van der Waals surface area contributed by atoms with Crippen molar-refractivity contribution < 1.29 is 4.74 Å². The first kappa shape index (κ1) is 13.8. The van der Waals surface area contributed by atoms with Crippen molar-refractivity contribution in [2.75, 3.05) is 6.54 Å². The van der Waals surface area contributed by atoms with Crippen LogP contribution in [0.4, 0.5) is 0 Å². The van der Waals surface area contributed by atoms with Crippen LogP contribution >= 0.6 is 11.6 Å². The summed E-state index contributed by atoms with van der Waals surface area (Å²) in [6.45, 7) is 5.40. The second kappa shape index (κ2) is 7.16. The van der Waals surface area contributed by atoms with Crippen molar-refractivity contribution in [3.63, 3.8) is 0 Å². The highest BCUT2D eigenvalue weighted by Crippen LogP contribution is 2.27. The summed E-state index contributed by atoms with van der Waals surface area (Å²) in [5.41, 5.74) is 0.907. The lowest BCUT2D eigenvalue weighted by Crippen LogP contribution is -2.16. The van der Waals surface area contributed by atoms with Gasteiger partial charge in [0.25, 0.3) is 0 Å². The Kier molecular flexibility index (Phi) is 5.82. The van der Waals surface area contributed by atoms with E-state index in [1.165, 1.54) is 0 Å². The molecule has 0 heterocycles. The Morgan fingerprint density at radius 3 is 2.94 bits per heavy atom. The van der Waals surface area contributed by atoms with Gasteiger partial charge in [-0.1, -0.05) is 24.6 Å². The summed E-state index contributed by atoms with van der Waals surface area (Å²) in [6, 6.07) is 7.53. The van der Waals surface area contributed by atoms with Gasteiger partial charge >= 0.3 is 0 Å². The van der Waals surface area contributed by atoms with Crippen LogP contribution in [0.2, 0.25) is 5.02 Å². The van der Waals surface area contributed by atoms with Gasteiger partial charge in [0.1, 0.15) is 11.8 Å². The Morgan fingerprint density at radius 1 is 1.53 bits per heavy atom. The maximum atomic E-state index is 8.75. The van der Waals surface area contributed by atoms with Crippen molar-refractivity contribution in [1.82, 2.24) is 5.32 Å². The molecule has 0 saturated heterocycles. The highest BCUT2D eigenvalue weighted by Gasteiger charge is 2.10. The fourth-order valence-electron chi connectivity index (χ4n) is 1.43. The molecular weight excluding hydrogens is 236 g/mol. The van der Waals surface area contributed by atoms with Gasteiger partial charge in [-0.3, -0.25) is 0 Å². The Hall–Kier alpha value is -1.24. The largest absolute Gasteiger partial charge is 0.475 e. The van der Waals surface area contributed by atoms with Crippen LogP contribution in [-0.4, -0.2) is 12.6 Å². The van der Waals surface area contributed by atoms with E-state index in [0.29, 0.717) is 17.3 Å². The highest BCUT2D eigenvalue weighted by atomic mass is 35.5. The molecule has 0 aliphatic carbocycles. The topological polar surface area (TPSA) is 45.0 Å². The van der Waals surface area contributed by atoms with Crippen LogP contribution < -0.4 is 10.1 Å². The number of rotatable bonds is 6. The normalized spacial score (nSPS) is 11.9. The van der Waals surface area contributed by atoms with Gasteiger partial charge in [0.05, 0.1) is 0 Å². The highest BCUT2D eigenvalue weighted by molar-refractivity contribution is 6.31. The number of hydrogen-bond acceptors (Lipinski definition) is 3. The molecule has 0 spiro atoms. The van der Waals surface area contributed by atoms with Crippen LogP contribution in [0.3, 0.4) is 0 Å². The van der Waals surface area contributed by atoms with Gasteiger partial charge in [0.15, 0.2) is 6.10 Å². The second-order valence-corrected chi connectivity index (χ2v) is 4.19. The van der Waals surface area contributed by atoms with Gasteiger partial charge in [-0.2, -0.15) is 5.26 Å². The number of nitrogens with zero attached hydrogens (tertiary/aromatic N) is 1. The minimum Gasteiger partial charge on any atom is -0.475 e. The van der Waals surface area contributed by atoms with Crippen LogP contribution in [0.1, 0.15) is 25.8 Å². The van der Waals surface area contributed by atoms with Gasteiger partial charge in [0, 0.05) is 17.1 Å². The molecule has 0 amide bonds.